The average molecular weight is 213 g/mol. The zero-order valence-corrected chi connectivity index (χ0v) is 10.1. The highest BCUT2D eigenvalue weighted by Crippen LogP contribution is 2.03. The molecule has 1 aromatic heterocycles. The molecule has 0 saturated carbocycles. The molecule has 0 spiro atoms. The molecule has 0 radical (unpaired) electrons. The molecule has 0 aliphatic carbocycles. The lowest BCUT2D eigenvalue weighted by molar-refractivity contribution is -0.702. The van der Waals surface area contributed by atoms with Crippen LogP contribution in [0, 0.1) is 0 Å². The maximum absolute atomic E-state index is 3.26. The molecule has 1 N–H and O–H groups in total. The molecule has 14 heavy (non-hydrogen) atoms. The lowest BCUT2D eigenvalue weighted by Gasteiger charge is -1.99. The van der Waals surface area contributed by atoms with Gasteiger partial charge in [0.15, 0.2) is 0 Å². The molecule has 0 aromatic carbocycles. The normalized spacial score (nSPS) is 10.7. The summed E-state index contributed by atoms with van der Waals surface area (Å²) in [5, 5.41) is 0. The van der Waals surface area contributed by atoms with Crippen molar-refractivity contribution in [2.75, 3.05) is 11.5 Å². The average Bonchev–Trinajstić information content (AvgIpc) is 2.65. The van der Waals surface area contributed by atoms with E-state index in [0.717, 1.165) is 13.0 Å². The Morgan fingerprint density at radius 1 is 1.36 bits per heavy atom. The molecule has 1 heterocycles. The molecule has 0 fully saturated rings. The van der Waals surface area contributed by atoms with Crippen molar-refractivity contribution in [2.45, 2.75) is 39.7 Å². The second kappa shape index (κ2) is 6.93. The minimum Gasteiger partial charge on any atom is -0.248 e. The first-order chi connectivity index (χ1) is 6.88. The van der Waals surface area contributed by atoms with Crippen molar-refractivity contribution >= 4 is 11.8 Å². The number of rotatable bonds is 7. The van der Waals surface area contributed by atoms with Crippen LogP contribution in [0.5, 0.6) is 0 Å². The summed E-state index contributed by atoms with van der Waals surface area (Å²) in [5.74, 6) is 3.93. The van der Waals surface area contributed by atoms with E-state index in [2.05, 4.69) is 41.4 Å². The Balaban J connectivity index is 2.17. The van der Waals surface area contributed by atoms with E-state index in [1.54, 1.807) is 0 Å². The monoisotopic (exact) mass is 213 g/mol. The number of aromatic amines is 1. The number of aryl methyl sites for hydroxylation is 2. The Kier molecular flexibility index (Phi) is 5.76. The van der Waals surface area contributed by atoms with Crippen LogP contribution in [-0.4, -0.2) is 16.5 Å². The third-order valence-corrected chi connectivity index (χ3v) is 3.50. The first-order valence-electron chi connectivity index (χ1n) is 5.52. The summed E-state index contributed by atoms with van der Waals surface area (Å²) in [6.45, 7) is 5.58. The van der Waals surface area contributed by atoms with Gasteiger partial charge in [-0.15, -0.1) is 0 Å². The molecule has 80 valence electrons. The van der Waals surface area contributed by atoms with Crippen LogP contribution < -0.4 is 4.57 Å². The summed E-state index contributed by atoms with van der Waals surface area (Å²) in [6, 6.07) is 0. The Morgan fingerprint density at radius 2 is 2.21 bits per heavy atom. The number of imidazole rings is 1. The summed E-state index contributed by atoms with van der Waals surface area (Å²) in [7, 11) is 0. The molecule has 0 aliphatic rings. The Bertz CT molecular complexity index is 245. The van der Waals surface area contributed by atoms with Gasteiger partial charge in [0, 0.05) is 6.42 Å². The third-order valence-electron chi connectivity index (χ3n) is 2.22. The van der Waals surface area contributed by atoms with E-state index in [4.69, 9.17) is 0 Å². The van der Waals surface area contributed by atoms with Crippen LogP contribution in [0.3, 0.4) is 0 Å². The Labute approximate surface area is 91.1 Å². The second-order valence-corrected chi connectivity index (χ2v) is 4.64. The third kappa shape index (κ3) is 3.74. The number of nitrogens with zero attached hydrogens (tertiary/aromatic N) is 1. The molecule has 3 heteroatoms. The minimum absolute atomic E-state index is 1.09. The van der Waals surface area contributed by atoms with Gasteiger partial charge in [-0.3, -0.25) is 0 Å². The van der Waals surface area contributed by atoms with Crippen molar-refractivity contribution in [3.05, 3.63) is 18.2 Å². The number of hydrogen-bond acceptors (Lipinski definition) is 1. The van der Waals surface area contributed by atoms with Crippen LogP contribution in [0.4, 0.5) is 0 Å². The summed E-state index contributed by atoms with van der Waals surface area (Å²) in [4.78, 5) is 3.26. The molecule has 0 bridgehead atoms. The summed E-state index contributed by atoms with van der Waals surface area (Å²) in [5.41, 5.74) is 0. The van der Waals surface area contributed by atoms with E-state index in [9.17, 15) is 0 Å². The first-order valence-corrected chi connectivity index (χ1v) is 6.67. The van der Waals surface area contributed by atoms with E-state index in [1.165, 1.54) is 30.2 Å². The van der Waals surface area contributed by atoms with E-state index < -0.39 is 0 Å². The van der Waals surface area contributed by atoms with E-state index >= 15 is 0 Å². The molecule has 2 nitrogen and oxygen atoms in total. The number of thioether (sulfide) groups is 1. The van der Waals surface area contributed by atoms with Crippen molar-refractivity contribution in [2.24, 2.45) is 0 Å². The van der Waals surface area contributed by atoms with Gasteiger partial charge in [-0.2, -0.15) is 11.8 Å². The topological polar surface area (TPSA) is 19.7 Å². The van der Waals surface area contributed by atoms with Gasteiger partial charge in [0.2, 0.25) is 0 Å². The van der Waals surface area contributed by atoms with Gasteiger partial charge < -0.3 is 0 Å². The number of H-pyrrole nitrogens is 1. The lowest BCUT2D eigenvalue weighted by atomic mass is 10.4. The highest BCUT2D eigenvalue weighted by atomic mass is 32.2. The molecule has 1 rings (SSSR count). The second-order valence-electron chi connectivity index (χ2n) is 3.42. The van der Waals surface area contributed by atoms with Gasteiger partial charge in [0.25, 0.3) is 5.82 Å². The molecule has 0 aliphatic heterocycles. The SMILES string of the molecule is CCCSCCC[n+]1cc[nH]c1CC. The first kappa shape index (κ1) is 11.6. The van der Waals surface area contributed by atoms with Gasteiger partial charge in [0.05, 0.1) is 6.54 Å². The van der Waals surface area contributed by atoms with Crippen molar-refractivity contribution < 1.29 is 4.57 Å². The van der Waals surface area contributed by atoms with Crippen LogP contribution in [0.15, 0.2) is 12.4 Å². The van der Waals surface area contributed by atoms with Crippen LogP contribution >= 0.6 is 11.8 Å². The maximum atomic E-state index is 3.26. The number of hydrogen-bond donors (Lipinski definition) is 1. The van der Waals surface area contributed by atoms with Gasteiger partial charge in [-0.05, 0) is 24.3 Å². The van der Waals surface area contributed by atoms with Gasteiger partial charge >= 0.3 is 0 Å². The van der Waals surface area contributed by atoms with Crippen LogP contribution in [0.1, 0.15) is 32.5 Å². The standard InChI is InChI=1S/C11H20N2S/c1-3-9-14-10-5-7-13-8-6-12-11(13)4-2/h6,8H,3-5,7,9-10H2,1-2H3/p+1. The van der Waals surface area contributed by atoms with Gasteiger partial charge in [-0.25, -0.2) is 9.55 Å². The smallest absolute Gasteiger partial charge is 0.248 e. The molecular formula is C11H21N2S+. The summed E-state index contributed by atoms with van der Waals surface area (Å²) in [6.07, 6.45) is 7.83. The van der Waals surface area contributed by atoms with E-state index in [-0.39, 0.29) is 0 Å². The number of aromatic nitrogens is 2. The Morgan fingerprint density at radius 3 is 2.93 bits per heavy atom. The maximum Gasteiger partial charge on any atom is 0.253 e. The van der Waals surface area contributed by atoms with Crippen molar-refractivity contribution in [3.8, 4) is 0 Å². The molecule has 0 saturated heterocycles. The Hall–Kier alpha value is -0.440. The van der Waals surface area contributed by atoms with Crippen LogP contribution in [-0.2, 0) is 13.0 Å². The number of nitrogens with one attached hydrogen (secondary N) is 1. The molecule has 1 aromatic rings. The van der Waals surface area contributed by atoms with E-state index in [1.807, 2.05) is 6.20 Å². The van der Waals surface area contributed by atoms with Gasteiger partial charge in [-0.1, -0.05) is 13.8 Å². The van der Waals surface area contributed by atoms with Gasteiger partial charge in [0.1, 0.15) is 12.4 Å². The highest BCUT2D eigenvalue weighted by molar-refractivity contribution is 7.99. The van der Waals surface area contributed by atoms with Crippen molar-refractivity contribution in [1.82, 2.24) is 4.98 Å². The van der Waals surface area contributed by atoms with Crippen LogP contribution in [0.2, 0.25) is 0 Å². The van der Waals surface area contributed by atoms with Crippen LogP contribution in [0.25, 0.3) is 0 Å². The predicted octanol–water partition coefficient (Wildman–Crippen LogP) is 2.40. The lowest BCUT2D eigenvalue weighted by Crippen LogP contribution is -2.36. The van der Waals surface area contributed by atoms with Crippen molar-refractivity contribution in [1.29, 1.82) is 0 Å². The zero-order valence-electron chi connectivity index (χ0n) is 9.25. The zero-order chi connectivity index (χ0) is 10.2. The molecule has 0 unspecified atom stereocenters. The molecule has 0 amide bonds. The van der Waals surface area contributed by atoms with Crippen molar-refractivity contribution in [3.63, 3.8) is 0 Å². The molecule has 0 atom stereocenters. The highest BCUT2D eigenvalue weighted by Gasteiger charge is 2.06. The predicted molar refractivity (Wildman–Crippen MR) is 62.6 cm³/mol. The summed E-state index contributed by atoms with van der Waals surface area (Å²) < 4.78 is 2.33. The largest absolute Gasteiger partial charge is 0.253 e. The fourth-order valence-electron chi connectivity index (χ4n) is 1.49. The summed E-state index contributed by atoms with van der Waals surface area (Å²) >= 11 is 2.07. The minimum atomic E-state index is 1.09. The fraction of sp³-hybridized carbons (Fsp3) is 0.727. The molecular weight excluding hydrogens is 192 g/mol. The fourth-order valence-corrected chi connectivity index (χ4v) is 2.32. The quantitative estimate of drug-likeness (QED) is 0.544. The van der Waals surface area contributed by atoms with E-state index in [0.29, 0.717) is 0 Å².